The molecule has 7 heteroatoms. The van der Waals surface area contributed by atoms with Crippen LogP contribution in [0.3, 0.4) is 0 Å². The summed E-state index contributed by atoms with van der Waals surface area (Å²) >= 11 is 0. The van der Waals surface area contributed by atoms with Crippen molar-refractivity contribution in [3.63, 3.8) is 0 Å². The monoisotopic (exact) mass is 391 g/mol. The zero-order chi connectivity index (χ0) is 16.8. The number of hydrogen-bond donors (Lipinski definition) is 1. The Morgan fingerprint density at radius 1 is 1.04 bits per heavy atom. The topological polar surface area (TPSA) is 64.1 Å². The van der Waals surface area contributed by atoms with Crippen molar-refractivity contribution in [2.75, 3.05) is 11.9 Å². The second-order valence-corrected chi connectivity index (χ2v) is 5.10. The summed E-state index contributed by atoms with van der Waals surface area (Å²) in [5.74, 6) is -0.327. The third-order valence-electron chi connectivity index (χ3n) is 3.38. The minimum absolute atomic E-state index is 0. The number of nitrogens with zero attached hydrogens (tertiary/aromatic N) is 2. The summed E-state index contributed by atoms with van der Waals surface area (Å²) in [5, 5.41) is 3.28. The normalized spacial score (nSPS) is 9.42. The van der Waals surface area contributed by atoms with Crippen molar-refractivity contribution in [3.05, 3.63) is 72.7 Å². The van der Waals surface area contributed by atoms with Gasteiger partial charge in [-0.1, -0.05) is 6.07 Å². The van der Waals surface area contributed by atoms with E-state index in [1.807, 2.05) is 36.4 Å². The van der Waals surface area contributed by atoms with Gasteiger partial charge in [0.05, 0.1) is 17.9 Å². The van der Waals surface area contributed by atoms with Crippen LogP contribution in [0.1, 0.15) is 17.3 Å². The minimum atomic E-state index is -0.327. The fourth-order valence-corrected chi connectivity index (χ4v) is 2.29. The van der Waals surface area contributed by atoms with Gasteiger partial charge >= 0.3 is 5.97 Å². The van der Waals surface area contributed by atoms with Crippen LogP contribution in [0.25, 0.3) is 11.3 Å². The first kappa shape index (κ1) is 21.4. The third-order valence-corrected chi connectivity index (χ3v) is 3.38. The number of carbonyl (C=O) groups is 1. The lowest BCUT2D eigenvalue weighted by molar-refractivity contribution is 0.0526. The lowest BCUT2D eigenvalue weighted by atomic mass is 10.1. The van der Waals surface area contributed by atoms with E-state index >= 15 is 0 Å². The quantitative estimate of drug-likeness (QED) is 0.626. The summed E-state index contributed by atoms with van der Waals surface area (Å²) in [6.45, 7) is 2.15. The largest absolute Gasteiger partial charge is 0.462 e. The van der Waals surface area contributed by atoms with Crippen LogP contribution in [0.2, 0.25) is 0 Å². The van der Waals surface area contributed by atoms with Gasteiger partial charge in [0.15, 0.2) is 0 Å². The average molecular weight is 392 g/mol. The van der Waals surface area contributed by atoms with Crippen LogP contribution < -0.4 is 5.32 Å². The number of esters is 1. The van der Waals surface area contributed by atoms with E-state index in [1.54, 1.807) is 37.6 Å². The van der Waals surface area contributed by atoms with Crippen LogP contribution in [0.5, 0.6) is 0 Å². The molecule has 3 aromatic rings. The lowest BCUT2D eigenvalue weighted by Crippen LogP contribution is -2.04. The van der Waals surface area contributed by atoms with Crippen LogP contribution in [0.15, 0.2) is 67.1 Å². The summed E-state index contributed by atoms with van der Waals surface area (Å²) < 4.78 is 5.03. The molecule has 0 aliphatic rings. The zero-order valence-electron chi connectivity index (χ0n) is 14.1. The van der Waals surface area contributed by atoms with Gasteiger partial charge in [-0.05, 0) is 49.4 Å². The van der Waals surface area contributed by atoms with Crippen LogP contribution in [-0.2, 0) is 4.74 Å². The highest BCUT2D eigenvalue weighted by Crippen LogP contribution is 2.22. The Labute approximate surface area is 164 Å². The van der Waals surface area contributed by atoms with E-state index in [9.17, 15) is 4.79 Å². The van der Waals surface area contributed by atoms with Gasteiger partial charge in [-0.3, -0.25) is 9.97 Å². The number of anilines is 2. The van der Waals surface area contributed by atoms with Gasteiger partial charge in [-0.25, -0.2) is 4.79 Å². The molecule has 0 bridgehead atoms. The van der Waals surface area contributed by atoms with Gasteiger partial charge in [0.1, 0.15) is 0 Å². The smallest absolute Gasteiger partial charge is 0.338 e. The fraction of sp³-hybridized carbons (Fsp3) is 0.105. The summed E-state index contributed by atoms with van der Waals surface area (Å²) in [6.07, 6.45) is 5.24. The Kier molecular flexibility index (Phi) is 8.55. The highest BCUT2D eigenvalue weighted by atomic mass is 35.5. The Hall–Kier alpha value is -2.63. The Bertz CT molecular complexity index is 845. The van der Waals surface area contributed by atoms with Crippen molar-refractivity contribution in [2.45, 2.75) is 6.92 Å². The molecule has 0 amide bonds. The molecule has 1 aromatic carbocycles. The van der Waals surface area contributed by atoms with E-state index < -0.39 is 0 Å². The standard InChI is InChI=1S/C19H17N3O2.2ClH/c1-2-24-19(23)14-5-3-7-16(11-14)22-17-8-10-21-18(12-17)15-6-4-9-20-13-15;;/h3-13H,2H2,1H3,(H,21,22);2*1H. The molecule has 0 atom stereocenters. The second-order valence-electron chi connectivity index (χ2n) is 5.10. The van der Waals surface area contributed by atoms with Crippen molar-refractivity contribution in [2.24, 2.45) is 0 Å². The molecule has 0 fully saturated rings. The molecule has 1 N–H and O–H groups in total. The Morgan fingerprint density at radius 2 is 1.85 bits per heavy atom. The number of benzene rings is 1. The van der Waals surface area contributed by atoms with Crippen LogP contribution in [0.4, 0.5) is 11.4 Å². The molecule has 0 unspecified atom stereocenters. The van der Waals surface area contributed by atoms with Crippen molar-refractivity contribution in [1.29, 1.82) is 0 Å². The minimum Gasteiger partial charge on any atom is -0.462 e. The maximum absolute atomic E-state index is 11.8. The van der Waals surface area contributed by atoms with E-state index in [-0.39, 0.29) is 30.8 Å². The van der Waals surface area contributed by atoms with Crippen LogP contribution in [0, 0.1) is 0 Å². The van der Waals surface area contributed by atoms with Gasteiger partial charge in [0.25, 0.3) is 0 Å². The number of pyridine rings is 2. The number of rotatable bonds is 5. The van der Waals surface area contributed by atoms with Gasteiger partial charge in [0, 0.05) is 35.5 Å². The van der Waals surface area contributed by atoms with Gasteiger partial charge in [-0.15, -0.1) is 24.8 Å². The van der Waals surface area contributed by atoms with E-state index in [1.165, 1.54) is 0 Å². The van der Waals surface area contributed by atoms with Gasteiger partial charge in [0.2, 0.25) is 0 Å². The van der Waals surface area contributed by atoms with Crippen molar-refractivity contribution >= 4 is 42.2 Å². The van der Waals surface area contributed by atoms with Gasteiger partial charge in [-0.2, -0.15) is 0 Å². The highest BCUT2D eigenvalue weighted by Gasteiger charge is 2.07. The average Bonchev–Trinajstić information content (AvgIpc) is 2.63. The summed E-state index contributed by atoms with van der Waals surface area (Å²) in [5.41, 5.74) is 3.98. The molecule has 3 rings (SSSR count). The molecule has 0 spiro atoms. The van der Waals surface area contributed by atoms with Crippen LogP contribution >= 0.6 is 24.8 Å². The molecule has 5 nitrogen and oxygen atoms in total. The summed E-state index contributed by atoms with van der Waals surface area (Å²) in [6, 6.07) is 14.9. The highest BCUT2D eigenvalue weighted by molar-refractivity contribution is 5.90. The molecule has 0 aliphatic carbocycles. The number of ether oxygens (including phenoxy) is 1. The number of nitrogens with one attached hydrogen (secondary N) is 1. The Morgan fingerprint density at radius 3 is 2.58 bits per heavy atom. The number of aromatic nitrogens is 2. The van der Waals surface area contributed by atoms with Crippen molar-refractivity contribution in [3.8, 4) is 11.3 Å². The maximum atomic E-state index is 11.8. The SMILES string of the molecule is CCOC(=O)c1cccc(Nc2ccnc(-c3cccnc3)c2)c1.Cl.Cl. The first-order chi connectivity index (χ1) is 11.8. The van der Waals surface area contributed by atoms with Crippen molar-refractivity contribution in [1.82, 2.24) is 9.97 Å². The molecule has 0 aliphatic heterocycles. The molecular weight excluding hydrogens is 373 g/mol. The number of hydrogen-bond acceptors (Lipinski definition) is 5. The molecule has 0 saturated heterocycles. The molecule has 2 heterocycles. The molecule has 136 valence electrons. The number of halogens is 2. The van der Waals surface area contributed by atoms with E-state index in [0.29, 0.717) is 12.2 Å². The first-order valence-corrected chi connectivity index (χ1v) is 7.67. The number of carbonyl (C=O) groups excluding carboxylic acids is 1. The summed E-state index contributed by atoms with van der Waals surface area (Å²) in [4.78, 5) is 20.3. The second kappa shape index (κ2) is 10.4. The van der Waals surface area contributed by atoms with Crippen LogP contribution in [-0.4, -0.2) is 22.5 Å². The molecule has 0 radical (unpaired) electrons. The maximum Gasteiger partial charge on any atom is 0.338 e. The molecule has 26 heavy (non-hydrogen) atoms. The Balaban J connectivity index is 0.00000169. The van der Waals surface area contributed by atoms with Crippen molar-refractivity contribution < 1.29 is 9.53 Å². The lowest BCUT2D eigenvalue weighted by Gasteiger charge is -2.09. The van der Waals surface area contributed by atoms with Gasteiger partial charge < -0.3 is 10.1 Å². The van der Waals surface area contributed by atoms with E-state index in [4.69, 9.17) is 4.74 Å². The molecular formula is C19H19Cl2N3O2. The summed E-state index contributed by atoms with van der Waals surface area (Å²) in [7, 11) is 0. The van der Waals surface area contributed by atoms with E-state index in [0.717, 1.165) is 22.6 Å². The van der Waals surface area contributed by atoms with E-state index in [2.05, 4.69) is 15.3 Å². The zero-order valence-corrected chi connectivity index (χ0v) is 15.7. The predicted octanol–water partition coefficient (Wildman–Crippen LogP) is 4.91. The molecule has 2 aromatic heterocycles. The third kappa shape index (κ3) is 5.44. The predicted molar refractivity (Wildman–Crippen MR) is 108 cm³/mol. The fourth-order valence-electron chi connectivity index (χ4n) is 2.29. The molecule has 0 saturated carbocycles. The first-order valence-electron chi connectivity index (χ1n) is 7.67.